The van der Waals surface area contributed by atoms with Gasteiger partial charge in [0.05, 0.1) is 6.10 Å². The van der Waals surface area contributed by atoms with E-state index in [-0.39, 0.29) is 17.3 Å². The van der Waals surface area contributed by atoms with E-state index < -0.39 is 6.10 Å². The van der Waals surface area contributed by atoms with Gasteiger partial charge >= 0.3 is 0 Å². The van der Waals surface area contributed by atoms with Gasteiger partial charge < -0.3 is 10.4 Å². The second kappa shape index (κ2) is 5.89. The molecule has 2 rings (SSSR count). The first kappa shape index (κ1) is 13.6. The topological polar surface area (TPSA) is 102 Å². The summed E-state index contributed by atoms with van der Waals surface area (Å²) in [5.74, 6) is 0.614. The second-order valence-electron chi connectivity index (χ2n) is 4.20. The van der Waals surface area contributed by atoms with Gasteiger partial charge in [0.2, 0.25) is 11.2 Å². The molecule has 0 aliphatic carbocycles. The Labute approximate surface area is 114 Å². The zero-order valence-electron chi connectivity index (χ0n) is 10.5. The number of nitrogens with one attached hydrogen (secondary N) is 1. The number of anilines is 1. The summed E-state index contributed by atoms with van der Waals surface area (Å²) in [6.07, 6.45) is 3.01. The predicted molar refractivity (Wildman–Crippen MR) is 69.1 cm³/mol. The van der Waals surface area contributed by atoms with Crippen LogP contribution in [0, 0.1) is 0 Å². The molecule has 2 atom stereocenters. The molecule has 2 unspecified atom stereocenters. The van der Waals surface area contributed by atoms with E-state index in [0.29, 0.717) is 12.4 Å². The summed E-state index contributed by atoms with van der Waals surface area (Å²) >= 11 is 5.84. The summed E-state index contributed by atoms with van der Waals surface area (Å²) in [6.45, 7) is 3.64. The number of rotatable bonds is 5. The predicted octanol–water partition coefficient (Wildman–Crippen LogP) is 0.677. The van der Waals surface area contributed by atoms with Crippen molar-refractivity contribution in [2.45, 2.75) is 32.4 Å². The fourth-order valence-electron chi connectivity index (χ4n) is 1.61. The monoisotopic (exact) mass is 283 g/mol. The van der Waals surface area contributed by atoms with Crippen molar-refractivity contribution in [3.63, 3.8) is 0 Å². The molecule has 0 radical (unpaired) electrons. The van der Waals surface area contributed by atoms with Crippen LogP contribution in [-0.2, 0) is 0 Å². The Kier molecular flexibility index (Phi) is 4.23. The Morgan fingerprint density at radius 1 is 1.37 bits per heavy atom. The van der Waals surface area contributed by atoms with Crippen LogP contribution in [0.5, 0.6) is 0 Å². The van der Waals surface area contributed by atoms with Gasteiger partial charge in [0.15, 0.2) is 0 Å². The molecule has 9 heteroatoms. The molecule has 19 heavy (non-hydrogen) atoms. The van der Waals surface area contributed by atoms with Crippen molar-refractivity contribution in [1.29, 1.82) is 0 Å². The molecule has 0 saturated heterocycles. The number of aliphatic hydroxyl groups excluding tert-OH is 1. The highest BCUT2D eigenvalue weighted by Crippen LogP contribution is 2.11. The zero-order valence-corrected chi connectivity index (χ0v) is 11.3. The summed E-state index contributed by atoms with van der Waals surface area (Å²) in [5, 5.41) is 16.4. The van der Waals surface area contributed by atoms with Crippen molar-refractivity contribution >= 4 is 17.5 Å². The molecule has 0 aliphatic heterocycles. The van der Waals surface area contributed by atoms with Gasteiger partial charge in [-0.05, 0) is 31.9 Å². The zero-order chi connectivity index (χ0) is 13.8. The SMILES string of the molecule is CC(O)CC(C)Nc1nc(Cl)nc(-n2cncn2)n1. The molecule has 0 saturated carbocycles. The maximum Gasteiger partial charge on any atom is 0.258 e. The fraction of sp³-hybridized carbons (Fsp3) is 0.500. The van der Waals surface area contributed by atoms with Crippen LogP contribution in [0.3, 0.4) is 0 Å². The number of halogens is 1. The molecule has 8 nitrogen and oxygen atoms in total. The van der Waals surface area contributed by atoms with Gasteiger partial charge in [0.25, 0.3) is 5.95 Å². The molecule has 2 N–H and O–H groups in total. The third-order valence-corrected chi connectivity index (χ3v) is 2.46. The molecule has 102 valence electrons. The van der Waals surface area contributed by atoms with E-state index in [2.05, 4.69) is 30.4 Å². The third-order valence-electron chi connectivity index (χ3n) is 2.29. The first-order valence-electron chi connectivity index (χ1n) is 5.76. The lowest BCUT2D eigenvalue weighted by atomic mass is 10.2. The molecule has 0 aromatic carbocycles. The van der Waals surface area contributed by atoms with Crippen LogP contribution in [0.25, 0.3) is 5.95 Å². The first-order chi connectivity index (χ1) is 9.04. The van der Waals surface area contributed by atoms with E-state index in [0.717, 1.165) is 0 Å². The Balaban J connectivity index is 2.18. The molecular weight excluding hydrogens is 270 g/mol. The Morgan fingerprint density at radius 2 is 2.16 bits per heavy atom. The average Bonchev–Trinajstić information content (AvgIpc) is 2.79. The number of aromatic nitrogens is 6. The number of aliphatic hydroxyl groups is 1. The van der Waals surface area contributed by atoms with Crippen molar-refractivity contribution in [3.05, 3.63) is 17.9 Å². The van der Waals surface area contributed by atoms with Gasteiger partial charge in [0, 0.05) is 6.04 Å². The lowest BCUT2D eigenvalue weighted by molar-refractivity contribution is 0.179. The van der Waals surface area contributed by atoms with Gasteiger partial charge in [-0.25, -0.2) is 4.98 Å². The maximum absolute atomic E-state index is 9.32. The quantitative estimate of drug-likeness (QED) is 0.832. The summed E-state index contributed by atoms with van der Waals surface area (Å²) < 4.78 is 1.39. The van der Waals surface area contributed by atoms with E-state index in [1.54, 1.807) is 6.92 Å². The minimum atomic E-state index is -0.408. The van der Waals surface area contributed by atoms with E-state index in [4.69, 9.17) is 11.6 Å². The number of nitrogens with zero attached hydrogens (tertiary/aromatic N) is 6. The van der Waals surface area contributed by atoms with E-state index in [1.165, 1.54) is 17.3 Å². The third kappa shape index (κ3) is 3.83. The highest BCUT2D eigenvalue weighted by Gasteiger charge is 2.11. The summed E-state index contributed by atoms with van der Waals surface area (Å²) in [4.78, 5) is 15.9. The summed E-state index contributed by atoms with van der Waals surface area (Å²) in [5.41, 5.74) is 0. The molecule has 0 aliphatic rings. The molecule has 0 spiro atoms. The van der Waals surface area contributed by atoms with Gasteiger partial charge in [-0.3, -0.25) is 0 Å². The highest BCUT2D eigenvalue weighted by molar-refractivity contribution is 6.28. The summed E-state index contributed by atoms with van der Waals surface area (Å²) in [6, 6.07) is 0.00191. The Morgan fingerprint density at radius 3 is 2.79 bits per heavy atom. The average molecular weight is 284 g/mol. The largest absolute Gasteiger partial charge is 0.393 e. The molecule has 0 bridgehead atoms. The normalized spacial score (nSPS) is 14.1. The minimum absolute atomic E-state index is 0.00191. The van der Waals surface area contributed by atoms with Gasteiger partial charge in [-0.15, -0.1) is 0 Å². The van der Waals surface area contributed by atoms with Crippen LogP contribution >= 0.6 is 11.6 Å². The van der Waals surface area contributed by atoms with Crippen molar-refractivity contribution in [1.82, 2.24) is 29.7 Å². The highest BCUT2D eigenvalue weighted by atomic mass is 35.5. The van der Waals surface area contributed by atoms with E-state index in [9.17, 15) is 5.11 Å². The van der Waals surface area contributed by atoms with Crippen LogP contribution in [0.1, 0.15) is 20.3 Å². The molecule has 2 aromatic heterocycles. The van der Waals surface area contributed by atoms with E-state index >= 15 is 0 Å². The molecule has 0 amide bonds. The minimum Gasteiger partial charge on any atom is -0.393 e. The van der Waals surface area contributed by atoms with Crippen molar-refractivity contribution in [3.8, 4) is 5.95 Å². The fourth-order valence-corrected chi connectivity index (χ4v) is 1.76. The molecule has 2 heterocycles. The maximum atomic E-state index is 9.32. The first-order valence-corrected chi connectivity index (χ1v) is 6.13. The second-order valence-corrected chi connectivity index (χ2v) is 4.54. The number of hydrogen-bond acceptors (Lipinski definition) is 7. The van der Waals surface area contributed by atoms with Crippen LogP contribution in [0.4, 0.5) is 5.95 Å². The van der Waals surface area contributed by atoms with Crippen LogP contribution < -0.4 is 5.32 Å². The smallest absolute Gasteiger partial charge is 0.258 e. The Bertz CT molecular complexity index is 531. The van der Waals surface area contributed by atoms with Crippen LogP contribution in [0.2, 0.25) is 5.28 Å². The number of hydrogen-bond donors (Lipinski definition) is 2. The van der Waals surface area contributed by atoms with Crippen molar-refractivity contribution in [2.24, 2.45) is 0 Å². The molecule has 2 aromatic rings. The van der Waals surface area contributed by atoms with E-state index in [1.807, 2.05) is 6.92 Å². The van der Waals surface area contributed by atoms with Crippen LogP contribution in [0.15, 0.2) is 12.7 Å². The standard InChI is InChI=1S/C10H14ClN7O/c1-6(3-7(2)19)14-9-15-8(11)16-10(17-9)18-5-12-4-13-18/h4-7,19H,3H2,1-2H3,(H,14,15,16,17). The summed E-state index contributed by atoms with van der Waals surface area (Å²) in [7, 11) is 0. The van der Waals surface area contributed by atoms with Gasteiger partial charge in [-0.1, -0.05) is 0 Å². The van der Waals surface area contributed by atoms with Gasteiger partial charge in [0.1, 0.15) is 12.7 Å². The molecular formula is C10H14ClN7O. The van der Waals surface area contributed by atoms with Gasteiger partial charge in [-0.2, -0.15) is 24.7 Å². The Hall–Kier alpha value is -1.80. The van der Waals surface area contributed by atoms with Crippen molar-refractivity contribution < 1.29 is 5.11 Å². The molecule has 0 fully saturated rings. The van der Waals surface area contributed by atoms with Crippen molar-refractivity contribution in [2.75, 3.05) is 5.32 Å². The lowest BCUT2D eigenvalue weighted by Crippen LogP contribution is -2.22. The lowest BCUT2D eigenvalue weighted by Gasteiger charge is -2.15. The van der Waals surface area contributed by atoms with Crippen LogP contribution in [-0.4, -0.2) is 47.0 Å².